The number of aliphatic imine (C=N–C) groups is 1. The molecule has 1 aliphatic carbocycles. The van der Waals surface area contributed by atoms with E-state index in [1.807, 2.05) is 18.8 Å². The molecule has 0 aromatic heterocycles. The first-order valence-electron chi connectivity index (χ1n) is 7.26. The molecule has 0 bridgehead atoms. The number of nitrogens with one attached hydrogen (secondary N) is 2. The molecule has 0 aromatic rings. The predicted molar refractivity (Wildman–Crippen MR) is 87.2 cm³/mol. The normalized spacial score (nSPS) is 16.8. The molecule has 4 nitrogen and oxygen atoms in total. The minimum atomic E-state index is 0.237. The summed E-state index contributed by atoms with van der Waals surface area (Å²) in [5.41, 5.74) is 0. The van der Waals surface area contributed by atoms with Gasteiger partial charge in [-0.1, -0.05) is 6.92 Å². The fourth-order valence-electron chi connectivity index (χ4n) is 1.95. The van der Waals surface area contributed by atoms with E-state index in [1.165, 1.54) is 12.8 Å². The molecule has 112 valence electrons. The van der Waals surface area contributed by atoms with Crippen LogP contribution in [0.4, 0.5) is 0 Å². The molecule has 0 atom stereocenters. The van der Waals surface area contributed by atoms with Crippen LogP contribution in [0.1, 0.15) is 33.6 Å². The molecule has 5 heteroatoms. The summed E-state index contributed by atoms with van der Waals surface area (Å²) < 4.78 is 0.237. The predicted octanol–water partition coefficient (Wildman–Crippen LogP) is 1.78. The topological polar surface area (TPSA) is 39.7 Å². The molecule has 0 amide bonds. The van der Waals surface area contributed by atoms with Crippen LogP contribution in [0.5, 0.6) is 0 Å². The minimum absolute atomic E-state index is 0.237. The fraction of sp³-hybridized carbons (Fsp3) is 0.929. The lowest BCUT2D eigenvalue weighted by molar-refractivity contribution is 0.282. The fourth-order valence-corrected chi connectivity index (χ4v) is 2.16. The van der Waals surface area contributed by atoms with Crippen LogP contribution in [-0.4, -0.2) is 61.1 Å². The standard InChI is InChI=1S/C14H30N4S/c1-6-18(12-7-8-12)10-9-16-13(15-4)17-11-14(2,3)19-5/h12H,6-11H2,1-5H3,(H2,15,16,17). The molecule has 0 aromatic carbocycles. The van der Waals surface area contributed by atoms with Crippen LogP contribution in [-0.2, 0) is 0 Å². The van der Waals surface area contributed by atoms with Gasteiger partial charge in [0, 0.05) is 37.5 Å². The SMILES string of the molecule is CCN(CCNC(=NC)NCC(C)(C)SC)C1CC1. The van der Waals surface area contributed by atoms with E-state index in [-0.39, 0.29) is 4.75 Å². The molecule has 2 N–H and O–H groups in total. The first-order valence-corrected chi connectivity index (χ1v) is 8.48. The summed E-state index contributed by atoms with van der Waals surface area (Å²) in [6.07, 6.45) is 4.90. The molecule has 1 rings (SSSR count). The second-order valence-electron chi connectivity index (χ2n) is 5.68. The van der Waals surface area contributed by atoms with Crippen molar-refractivity contribution in [3.63, 3.8) is 0 Å². The van der Waals surface area contributed by atoms with Gasteiger partial charge in [-0.3, -0.25) is 9.89 Å². The monoisotopic (exact) mass is 286 g/mol. The third-order valence-corrected chi connectivity index (χ3v) is 4.87. The van der Waals surface area contributed by atoms with Crippen molar-refractivity contribution in [2.75, 3.05) is 39.5 Å². The number of nitrogens with zero attached hydrogens (tertiary/aromatic N) is 2. The molecular weight excluding hydrogens is 256 g/mol. The lowest BCUT2D eigenvalue weighted by atomic mass is 10.2. The van der Waals surface area contributed by atoms with Crippen molar-refractivity contribution in [1.82, 2.24) is 15.5 Å². The Labute approximate surface area is 122 Å². The van der Waals surface area contributed by atoms with Crippen LogP contribution in [0.15, 0.2) is 4.99 Å². The van der Waals surface area contributed by atoms with E-state index in [0.717, 1.165) is 38.2 Å². The van der Waals surface area contributed by atoms with Crippen molar-refractivity contribution in [2.24, 2.45) is 4.99 Å². The minimum Gasteiger partial charge on any atom is -0.355 e. The zero-order valence-electron chi connectivity index (χ0n) is 13.1. The van der Waals surface area contributed by atoms with Crippen LogP contribution in [0.2, 0.25) is 0 Å². The second kappa shape index (κ2) is 8.00. The Bertz CT molecular complexity index is 287. The highest BCUT2D eigenvalue weighted by atomic mass is 32.2. The quantitative estimate of drug-likeness (QED) is 0.527. The van der Waals surface area contributed by atoms with Gasteiger partial charge in [-0.25, -0.2) is 0 Å². The van der Waals surface area contributed by atoms with Crippen molar-refractivity contribution in [2.45, 2.75) is 44.4 Å². The van der Waals surface area contributed by atoms with Crippen molar-refractivity contribution < 1.29 is 0 Å². The summed E-state index contributed by atoms with van der Waals surface area (Å²) in [5, 5.41) is 6.80. The molecule has 0 radical (unpaired) electrons. The molecule has 0 heterocycles. The van der Waals surface area contributed by atoms with Gasteiger partial charge in [0.15, 0.2) is 5.96 Å². The third kappa shape index (κ3) is 6.52. The number of thioether (sulfide) groups is 1. The molecule has 1 aliphatic rings. The molecular formula is C14H30N4S. The van der Waals surface area contributed by atoms with E-state index in [2.05, 4.69) is 47.6 Å². The van der Waals surface area contributed by atoms with Gasteiger partial charge in [0.1, 0.15) is 0 Å². The number of likely N-dealkylation sites (N-methyl/N-ethyl adjacent to an activating group) is 1. The smallest absolute Gasteiger partial charge is 0.191 e. The number of rotatable bonds is 8. The maximum absolute atomic E-state index is 4.28. The summed E-state index contributed by atoms with van der Waals surface area (Å²) in [4.78, 5) is 6.82. The van der Waals surface area contributed by atoms with E-state index in [1.54, 1.807) is 0 Å². The Hall–Kier alpha value is -0.420. The molecule has 0 aliphatic heterocycles. The van der Waals surface area contributed by atoms with E-state index < -0.39 is 0 Å². The van der Waals surface area contributed by atoms with Gasteiger partial charge in [-0.05, 0) is 39.5 Å². The Morgan fingerprint density at radius 3 is 2.53 bits per heavy atom. The van der Waals surface area contributed by atoms with Gasteiger partial charge in [0.25, 0.3) is 0 Å². The van der Waals surface area contributed by atoms with Crippen molar-refractivity contribution in [3.8, 4) is 0 Å². The Morgan fingerprint density at radius 2 is 2.05 bits per heavy atom. The summed E-state index contributed by atoms with van der Waals surface area (Å²) in [6, 6.07) is 0.845. The highest BCUT2D eigenvalue weighted by Gasteiger charge is 2.27. The molecule has 0 unspecified atom stereocenters. The molecule has 0 saturated heterocycles. The van der Waals surface area contributed by atoms with Gasteiger partial charge in [0.05, 0.1) is 0 Å². The van der Waals surface area contributed by atoms with Gasteiger partial charge in [0.2, 0.25) is 0 Å². The summed E-state index contributed by atoms with van der Waals surface area (Å²) in [5.74, 6) is 0.911. The Morgan fingerprint density at radius 1 is 1.37 bits per heavy atom. The maximum Gasteiger partial charge on any atom is 0.191 e. The highest BCUT2D eigenvalue weighted by Crippen LogP contribution is 2.25. The van der Waals surface area contributed by atoms with Crippen molar-refractivity contribution in [3.05, 3.63) is 0 Å². The van der Waals surface area contributed by atoms with Crippen molar-refractivity contribution in [1.29, 1.82) is 0 Å². The van der Waals surface area contributed by atoms with Crippen LogP contribution in [0, 0.1) is 0 Å². The van der Waals surface area contributed by atoms with Crippen LogP contribution < -0.4 is 10.6 Å². The van der Waals surface area contributed by atoms with Crippen LogP contribution >= 0.6 is 11.8 Å². The van der Waals surface area contributed by atoms with Gasteiger partial charge < -0.3 is 10.6 Å². The molecule has 0 spiro atoms. The van der Waals surface area contributed by atoms with Crippen LogP contribution in [0.3, 0.4) is 0 Å². The van der Waals surface area contributed by atoms with Gasteiger partial charge >= 0.3 is 0 Å². The van der Waals surface area contributed by atoms with Gasteiger partial charge in [-0.2, -0.15) is 11.8 Å². The lowest BCUT2D eigenvalue weighted by Gasteiger charge is -2.24. The summed E-state index contributed by atoms with van der Waals surface area (Å²) in [7, 11) is 1.83. The third-order valence-electron chi connectivity index (χ3n) is 3.62. The Kier molecular flexibility index (Phi) is 7.00. The van der Waals surface area contributed by atoms with E-state index in [9.17, 15) is 0 Å². The average Bonchev–Trinajstić information content (AvgIpc) is 3.22. The molecule has 1 fully saturated rings. The van der Waals surface area contributed by atoms with Gasteiger partial charge in [-0.15, -0.1) is 0 Å². The largest absolute Gasteiger partial charge is 0.355 e. The second-order valence-corrected chi connectivity index (χ2v) is 7.19. The summed E-state index contributed by atoms with van der Waals surface area (Å²) >= 11 is 1.87. The first-order chi connectivity index (χ1) is 9.02. The molecule has 19 heavy (non-hydrogen) atoms. The number of hydrogen-bond donors (Lipinski definition) is 2. The Balaban J connectivity index is 2.21. The zero-order chi connectivity index (χ0) is 14.3. The maximum atomic E-state index is 4.28. The molecule has 1 saturated carbocycles. The number of hydrogen-bond acceptors (Lipinski definition) is 3. The lowest BCUT2D eigenvalue weighted by Crippen LogP contribution is -2.45. The highest BCUT2D eigenvalue weighted by molar-refractivity contribution is 7.99. The average molecular weight is 286 g/mol. The van der Waals surface area contributed by atoms with Crippen LogP contribution in [0.25, 0.3) is 0 Å². The first kappa shape index (κ1) is 16.6. The van der Waals surface area contributed by atoms with Crippen molar-refractivity contribution >= 4 is 17.7 Å². The number of guanidine groups is 1. The van der Waals surface area contributed by atoms with E-state index >= 15 is 0 Å². The van der Waals surface area contributed by atoms with E-state index in [0.29, 0.717) is 0 Å². The van der Waals surface area contributed by atoms with E-state index in [4.69, 9.17) is 0 Å². The summed E-state index contributed by atoms with van der Waals surface area (Å²) in [6.45, 7) is 10.9. The zero-order valence-corrected chi connectivity index (χ0v) is 13.9.